The molecule has 0 amide bonds. The quantitative estimate of drug-likeness (QED) is 0.527. The van der Waals surface area contributed by atoms with Crippen LogP contribution >= 0.6 is 0 Å². The fourth-order valence-corrected chi connectivity index (χ4v) is 3.14. The fraction of sp³-hybridized carbons (Fsp3) is 0.917. The lowest BCUT2D eigenvalue weighted by Crippen LogP contribution is -2.40. The zero-order chi connectivity index (χ0) is 10.7. The van der Waals surface area contributed by atoms with Gasteiger partial charge in [0.1, 0.15) is 0 Å². The monoisotopic (exact) mass is 209 g/mol. The molecule has 0 bridgehead atoms. The van der Waals surface area contributed by atoms with E-state index in [0.717, 1.165) is 12.5 Å². The van der Waals surface area contributed by atoms with Crippen LogP contribution in [0, 0.1) is 5.41 Å². The molecule has 0 atom stereocenters. The molecule has 86 valence electrons. The molecule has 1 aliphatic heterocycles. The maximum absolute atomic E-state index is 4.35. The van der Waals surface area contributed by atoms with Crippen LogP contribution in [0.2, 0.25) is 0 Å². The van der Waals surface area contributed by atoms with Crippen molar-refractivity contribution in [1.29, 1.82) is 0 Å². The number of hydrogen-bond acceptors (Lipinski definition) is 1. The Kier molecular flexibility index (Phi) is 3.17. The van der Waals surface area contributed by atoms with Crippen molar-refractivity contribution >= 4 is 5.96 Å². The van der Waals surface area contributed by atoms with Gasteiger partial charge in [0.15, 0.2) is 5.96 Å². The van der Waals surface area contributed by atoms with E-state index in [9.17, 15) is 0 Å². The van der Waals surface area contributed by atoms with Gasteiger partial charge >= 0.3 is 0 Å². The van der Waals surface area contributed by atoms with E-state index in [1.807, 2.05) is 7.05 Å². The molecule has 2 aliphatic rings. The topological polar surface area (TPSA) is 27.6 Å². The van der Waals surface area contributed by atoms with Crippen LogP contribution in [0.3, 0.4) is 0 Å². The molecular formula is C12H23N3. The molecule has 2 rings (SSSR count). The van der Waals surface area contributed by atoms with Crippen LogP contribution in [-0.4, -0.2) is 37.5 Å². The second-order valence-electron chi connectivity index (χ2n) is 4.96. The van der Waals surface area contributed by atoms with E-state index < -0.39 is 0 Å². The summed E-state index contributed by atoms with van der Waals surface area (Å²) in [5, 5.41) is 3.36. The van der Waals surface area contributed by atoms with Crippen molar-refractivity contribution in [3.05, 3.63) is 0 Å². The molecule has 2 fully saturated rings. The second-order valence-corrected chi connectivity index (χ2v) is 4.96. The van der Waals surface area contributed by atoms with Gasteiger partial charge in [0, 0.05) is 26.7 Å². The second kappa shape index (κ2) is 4.42. The summed E-state index contributed by atoms with van der Waals surface area (Å²) in [6, 6.07) is 0. The third-order valence-corrected chi connectivity index (χ3v) is 3.95. The van der Waals surface area contributed by atoms with Gasteiger partial charge in [-0.3, -0.25) is 4.99 Å². The minimum Gasteiger partial charge on any atom is -0.357 e. The molecule has 1 saturated heterocycles. The first-order valence-electron chi connectivity index (χ1n) is 6.25. The molecule has 3 heteroatoms. The van der Waals surface area contributed by atoms with Gasteiger partial charge < -0.3 is 10.2 Å². The van der Waals surface area contributed by atoms with Gasteiger partial charge in [0.25, 0.3) is 0 Å². The van der Waals surface area contributed by atoms with Gasteiger partial charge in [0.05, 0.1) is 0 Å². The van der Waals surface area contributed by atoms with E-state index in [1.165, 1.54) is 45.2 Å². The predicted molar refractivity (Wildman–Crippen MR) is 64.1 cm³/mol. The summed E-state index contributed by atoms with van der Waals surface area (Å²) in [6.45, 7) is 5.52. The first-order chi connectivity index (χ1) is 7.29. The summed E-state index contributed by atoms with van der Waals surface area (Å²) < 4.78 is 0. The Labute approximate surface area is 92.9 Å². The average Bonchev–Trinajstić information content (AvgIpc) is 2.86. The van der Waals surface area contributed by atoms with Gasteiger partial charge in [-0.05, 0) is 31.6 Å². The Hall–Kier alpha value is -0.730. The minimum absolute atomic E-state index is 0.644. The highest BCUT2D eigenvalue weighted by Crippen LogP contribution is 2.45. The van der Waals surface area contributed by atoms with Crippen LogP contribution in [0.25, 0.3) is 0 Å². The third-order valence-electron chi connectivity index (χ3n) is 3.95. The van der Waals surface area contributed by atoms with Gasteiger partial charge in [-0.25, -0.2) is 0 Å². The fourth-order valence-electron chi connectivity index (χ4n) is 3.14. The predicted octanol–water partition coefficient (Wildman–Crippen LogP) is 1.85. The van der Waals surface area contributed by atoms with Gasteiger partial charge in [-0.2, -0.15) is 0 Å². The van der Waals surface area contributed by atoms with Crippen LogP contribution in [0.15, 0.2) is 4.99 Å². The molecule has 1 aliphatic carbocycles. The molecule has 1 heterocycles. The molecule has 3 nitrogen and oxygen atoms in total. The van der Waals surface area contributed by atoms with E-state index in [4.69, 9.17) is 0 Å². The lowest BCUT2D eigenvalue weighted by molar-refractivity contribution is 0.309. The van der Waals surface area contributed by atoms with Crippen LogP contribution < -0.4 is 5.32 Å². The van der Waals surface area contributed by atoms with Gasteiger partial charge in [-0.1, -0.05) is 12.8 Å². The van der Waals surface area contributed by atoms with Crippen LogP contribution in [-0.2, 0) is 0 Å². The minimum atomic E-state index is 0.644. The summed E-state index contributed by atoms with van der Waals surface area (Å²) in [5.74, 6) is 1.10. The molecule has 1 saturated carbocycles. The number of aliphatic imine (C=N–C) groups is 1. The third kappa shape index (κ3) is 2.11. The first kappa shape index (κ1) is 10.8. The highest BCUT2D eigenvalue weighted by molar-refractivity contribution is 5.80. The van der Waals surface area contributed by atoms with Crippen LogP contribution in [0.4, 0.5) is 0 Å². The number of nitrogens with one attached hydrogen (secondary N) is 1. The number of nitrogens with zero attached hydrogens (tertiary/aromatic N) is 2. The standard InChI is InChI=1S/C12H23N3/c1-3-14-11(13-2)15-9-8-12(10-15)6-4-5-7-12/h3-10H2,1-2H3,(H,13,14). The smallest absolute Gasteiger partial charge is 0.193 e. The highest BCUT2D eigenvalue weighted by atomic mass is 15.3. The highest BCUT2D eigenvalue weighted by Gasteiger charge is 2.40. The molecule has 0 radical (unpaired) electrons. The number of guanidine groups is 1. The number of hydrogen-bond donors (Lipinski definition) is 1. The first-order valence-corrected chi connectivity index (χ1v) is 6.25. The Morgan fingerprint density at radius 1 is 1.33 bits per heavy atom. The number of rotatable bonds is 1. The summed E-state index contributed by atoms with van der Waals surface area (Å²) >= 11 is 0. The van der Waals surface area contributed by atoms with Gasteiger partial charge in [0.2, 0.25) is 0 Å². The number of likely N-dealkylation sites (tertiary alicyclic amines) is 1. The molecule has 1 spiro atoms. The van der Waals surface area contributed by atoms with E-state index in [0.29, 0.717) is 5.41 Å². The molecule has 0 aromatic carbocycles. The van der Waals surface area contributed by atoms with Crippen molar-refractivity contribution in [2.45, 2.75) is 39.0 Å². The Balaban J connectivity index is 1.96. The van der Waals surface area contributed by atoms with E-state index in [-0.39, 0.29) is 0 Å². The van der Waals surface area contributed by atoms with E-state index in [2.05, 4.69) is 22.1 Å². The lowest BCUT2D eigenvalue weighted by atomic mass is 9.86. The van der Waals surface area contributed by atoms with Gasteiger partial charge in [-0.15, -0.1) is 0 Å². The zero-order valence-corrected chi connectivity index (χ0v) is 10.1. The normalized spacial score (nSPS) is 25.2. The molecule has 0 aromatic rings. The summed E-state index contributed by atoms with van der Waals surface area (Å²) in [5.41, 5.74) is 0.644. The molecule has 15 heavy (non-hydrogen) atoms. The van der Waals surface area contributed by atoms with E-state index in [1.54, 1.807) is 0 Å². The van der Waals surface area contributed by atoms with Crippen LogP contribution in [0.1, 0.15) is 39.0 Å². The maximum atomic E-state index is 4.35. The summed E-state index contributed by atoms with van der Waals surface area (Å²) in [6.07, 6.45) is 7.12. The zero-order valence-electron chi connectivity index (χ0n) is 10.1. The molecular weight excluding hydrogens is 186 g/mol. The van der Waals surface area contributed by atoms with Crippen LogP contribution in [0.5, 0.6) is 0 Å². The SMILES string of the molecule is CCNC(=NC)N1CCC2(CCCC2)C1. The van der Waals surface area contributed by atoms with E-state index >= 15 is 0 Å². The van der Waals surface area contributed by atoms with Crippen molar-refractivity contribution in [3.8, 4) is 0 Å². The van der Waals surface area contributed by atoms with Crippen molar-refractivity contribution in [2.75, 3.05) is 26.7 Å². The largest absolute Gasteiger partial charge is 0.357 e. The van der Waals surface area contributed by atoms with Crippen molar-refractivity contribution < 1.29 is 0 Å². The maximum Gasteiger partial charge on any atom is 0.193 e. The molecule has 1 N–H and O–H groups in total. The molecule has 0 unspecified atom stereocenters. The molecule has 0 aromatic heterocycles. The van der Waals surface area contributed by atoms with Crippen molar-refractivity contribution in [2.24, 2.45) is 10.4 Å². The Bertz CT molecular complexity index is 241. The lowest BCUT2D eigenvalue weighted by Gasteiger charge is -2.25. The Morgan fingerprint density at radius 2 is 2.07 bits per heavy atom. The van der Waals surface area contributed by atoms with Crippen molar-refractivity contribution in [1.82, 2.24) is 10.2 Å². The average molecular weight is 209 g/mol. The van der Waals surface area contributed by atoms with Crippen molar-refractivity contribution in [3.63, 3.8) is 0 Å². The summed E-state index contributed by atoms with van der Waals surface area (Å²) in [4.78, 5) is 6.79. The summed E-state index contributed by atoms with van der Waals surface area (Å²) in [7, 11) is 1.89. The Morgan fingerprint density at radius 3 is 2.67 bits per heavy atom.